The van der Waals surface area contributed by atoms with Crippen LogP contribution in [0.3, 0.4) is 0 Å². The molecule has 130 valence electrons. The van der Waals surface area contributed by atoms with E-state index in [2.05, 4.69) is 5.32 Å². The van der Waals surface area contributed by atoms with Crippen molar-refractivity contribution in [3.8, 4) is 5.69 Å². The van der Waals surface area contributed by atoms with Crippen LogP contribution in [0.25, 0.3) is 16.6 Å². The summed E-state index contributed by atoms with van der Waals surface area (Å²) in [4.78, 5) is 17.9. The first-order valence-electron chi connectivity index (χ1n) is 8.43. The number of nitrogens with one attached hydrogen (secondary N) is 1. The number of benzene rings is 2. The fraction of sp³-hybridized carbons (Fsp3) is 0.300. The van der Waals surface area contributed by atoms with Gasteiger partial charge in [-0.1, -0.05) is 29.8 Å². The van der Waals surface area contributed by atoms with Gasteiger partial charge in [-0.05, 0) is 38.1 Å². The van der Waals surface area contributed by atoms with Gasteiger partial charge in [-0.15, -0.1) is 0 Å². The number of rotatable bonds is 6. The van der Waals surface area contributed by atoms with Gasteiger partial charge in [0.15, 0.2) is 0 Å². The number of aryl methyl sites for hydroxylation is 1. The van der Waals surface area contributed by atoms with Gasteiger partial charge in [0.05, 0.1) is 29.2 Å². The fourth-order valence-electron chi connectivity index (χ4n) is 2.85. The maximum absolute atomic E-state index is 13.1. The Morgan fingerprint density at radius 2 is 1.88 bits per heavy atom. The van der Waals surface area contributed by atoms with Gasteiger partial charge in [-0.2, -0.15) is 0 Å². The third-order valence-electron chi connectivity index (χ3n) is 4.24. The SMILES string of the molecule is COCCNC(C)c1nc2ccccc2c(=O)n1-c1ccc(C)cc1. The Balaban J connectivity index is 2.17. The largest absolute Gasteiger partial charge is 0.383 e. The van der Waals surface area contributed by atoms with Crippen molar-refractivity contribution < 1.29 is 4.74 Å². The average Bonchev–Trinajstić information content (AvgIpc) is 2.63. The molecule has 0 saturated carbocycles. The predicted molar refractivity (Wildman–Crippen MR) is 100 cm³/mol. The van der Waals surface area contributed by atoms with Crippen LogP contribution < -0.4 is 10.9 Å². The lowest BCUT2D eigenvalue weighted by Gasteiger charge is -2.19. The van der Waals surface area contributed by atoms with Gasteiger partial charge < -0.3 is 10.1 Å². The summed E-state index contributed by atoms with van der Waals surface area (Å²) in [5, 5.41) is 3.99. The summed E-state index contributed by atoms with van der Waals surface area (Å²) in [5.41, 5.74) is 2.64. The molecule has 0 aliphatic heterocycles. The Morgan fingerprint density at radius 3 is 2.60 bits per heavy atom. The smallest absolute Gasteiger partial charge is 0.266 e. The van der Waals surface area contributed by atoms with Crippen LogP contribution in [0.15, 0.2) is 53.3 Å². The van der Waals surface area contributed by atoms with Crippen LogP contribution in [-0.2, 0) is 4.74 Å². The average molecular weight is 337 g/mol. The molecule has 1 unspecified atom stereocenters. The van der Waals surface area contributed by atoms with Gasteiger partial charge in [0.2, 0.25) is 0 Å². The number of nitrogens with zero attached hydrogens (tertiary/aromatic N) is 2. The summed E-state index contributed by atoms with van der Waals surface area (Å²) in [6.45, 7) is 5.33. The van der Waals surface area contributed by atoms with Gasteiger partial charge in [-0.3, -0.25) is 9.36 Å². The van der Waals surface area contributed by atoms with E-state index in [1.165, 1.54) is 0 Å². The van der Waals surface area contributed by atoms with Crippen molar-refractivity contribution in [1.29, 1.82) is 0 Å². The van der Waals surface area contributed by atoms with Crippen molar-refractivity contribution in [2.24, 2.45) is 0 Å². The number of hydrogen-bond donors (Lipinski definition) is 1. The molecule has 1 heterocycles. The molecule has 0 fully saturated rings. The van der Waals surface area contributed by atoms with Crippen LogP contribution in [-0.4, -0.2) is 29.8 Å². The highest BCUT2D eigenvalue weighted by molar-refractivity contribution is 5.77. The number of hydrogen-bond acceptors (Lipinski definition) is 4. The highest BCUT2D eigenvalue weighted by Crippen LogP contribution is 2.18. The molecular weight excluding hydrogens is 314 g/mol. The zero-order chi connectivity index (χ0) is 17.8. The molecular formula is C20H23N3O2. The Hall–Kier alpha value is -2.50. The number of aromatic nitrogens is 2. The molecule has 0 saturated heterocycles. The van der Waals surface area contributed by atoms with Crippen LogP contribution in [0.2, 0.25) is 0 Å². The molecule has 5 heteroatoms. The molecule has 1 aromatic heterocycles. The van der Waals surface area contributed by atoms with E-state index in [0.717, 1.165) is 11.3 Å². The third kappa shape index (κ3) is 3.62. The number of ether oxygens (including phenoxy) is 1. The summed E-state index contributed by atoms with van der Waals surface area (Å²) < 4.78 is 6.80. The van der Waals surface area contributed by atoms with Crippen LogP contribution in [0, 0.1) is 6.92 Å². The summed E-state index contributed by atoms with van der Waals surface area (Å²) >= 11 is 0. The monoisotopic (exact) mass is 337 g/mol. The molecule has 0 amide bonds. The molecule has 1 N–H and O–H groups in total. The van der Waals surface area contributed by atoms with E-state index in [1.54, 1.807) is 11.7 Å². The first-order valence-corrected chi connectivity index (χ1v) is 8.43. The predicted octanol–water partition coefficient (Wildman–Crippen LogP) is 2.99. The Kier molecular flexibility index (Phi) is 5.26. The van der Waals surface area contributed by atoms with Gasteiger partial charge in [0, 0.05) is 13.7 Å². The minimum Gasteiger partial charge on any atom is -0.383 e. The molecule has 3 rings (SSSR count). The van der Waals surface area contributed by atoms with Crippen molar-refractivity contribution in [3.05, 3.63) is 70.3 Å². The summed E-state index contributed by atoms with van der Waals surface area (Å²) in [6, 6.07) is 15.3. The Bertz CT molecular complexity index is 916. The van der Waals surface area contributed by atoms with E-state index in [0.29, 0.717) is 29.9 Å². The summed E-state index contributed by atoms with van der Waals surface area (Å²) in [5.74, 6) is 0.698. The molecule has 5 nitrogen and oxygen atoms in total. The van der Waals surface area contributed by atoms with Crippen molar-refractivity contribution in [1.82, 2.24) is 14.9 Å². The molecule has 1 atom stereocenters. The van der Waals surface area contributed by atoms with Crippen LogP contribution in [0.4, 0.5) is 0 Å². The van der Waals surface area contributed by atoms with E-state index >= 15 is 0 Å². The van der Waals surface area contributed by atoms with Crippen molar-refractivity contribution in [2.45, 2.75) is 19.9 Å². The second-order valence-corrected chi connectivity index (χ2v) is 6.13. The fourth-order valence-corrected chi connectivity index (χ4v) is 2.85. The zero-order valence-electron chi connectivity index (χ0n) is 14.8. The van der Waals surface area contributed by atoms with E-state index in [4.69, 9.17) is 9.72 Å². The van der Waals surface area contributed by atoms with E-state index in [1.807, 2.05) is 62.4 Å². The molecule has 0 bridgehead atoms. The summed E-state index contributed by atoms with van der Waals surface area (Å²) in [6.07, 6.45) is 0. The minimum atomic E-state index is -0.0891. The van der Waals surface area contributed by atoms with Gasteiger partial charge in [-0.25, -0.2) is 4.98 Å². The molecule has 25 heavy (non-hydrogen) atoms. The molecule has 0 radical (unpaired) electrons. The number of methoxy groups -OCH3 is 1. The van der Waals surface area contributed by atoms with Gasteiger partial charge in [0.25, 0.3) is 5.56 Å². The van der Waals surface area contributed by atoms with Crippen molar-refractivity contribution in [2.75, 3.05) is 20.3 Å². The molecule has 0 aliphatic carbocycles. The zero-order valence-corrected chi connectivity index (χ0v) is 14.8. The number of fused-ring (bicyclic) bond motifs is 1. The highest BCUT2D eigenvalue weighted by atomic mass is 16.5. The lowest BCUT2D eigenvalue weighted by Crippen LogP contribution is -2.31. The normalized spacial score (nSPS) is 12.4. The van der Waals surface area contributed by atoms with Crippen LogP contribution in [0.1, 0.15) is 24.4 Å². The minimum absolute atomic E-state index is 0.0511. The van der Waals surface area contributed by atoms with Gasteiger partial charge in [0.1, 0.15) is 5.82 Å². The molecule has 0 aliphatic rings. The molecule has 3 aromatic rings. The molecule has 0 spiro atoms. The lowest BCUT2D eigenvalue weighted by atomic mass is 10.2. The van der Waals surface area contributed by atoms with Crippen molar-refractivity contribution >= 4 is 10.9 Å². The first kappa shape index (κ1) is 17.3. The maximum Gasteiger partial charge on any atom is 0.266 e. The quantitative estimate of drug-likeness (QED) is 0.703. The third-order valence-corrected chi connectivity index (χ3v) is 4.24. The summed E-state index contributed by atoms with van der Waals surface area (Å²) in [7, 11) is 1.67. The molecule has 2 aromatic carbocycles. The second-order valence-electron chi connectivity index (χ2n) is 6.13. The topological polar surface area (TPSA) is 56.1 Å². The maximum atomic E-state index is 13.1. The van der Waals surface area contributed by atoms with Gasteiger partial charge >= 0.3 is 0 Å². The van der Waals surface area contributed by atoms with E-state index < -0.39 is 0 Å². The Labute approximate surface area is 147 Å². The van der Waals surface area contributed by atoms with Crippen molar-refractivity contribution in [3.63, 3.8) is 0 Å². The second kappa shape index (κ2) is 7.59. The van der Waals surface area contributed by atoms with E-state index in [9.17, 15) is 4.79 Å². The Morgan fingerprint density at radius 1 is 1.16 bits per heavy atom. The van der Waals surface area contributed by atoms with Crippen LogP contribution in [0.5, 0.6) is 0 Å². The first-order chi connectivity index (χ1) is 12.1. The van der Waals surface area contributed by atoms with E-state index in [-0.39, 0.29) is 11.6 Å². The highest BCUT2D eigenvalue weighted by Gasteiger charge is 2.17. The number of para-hydroxylation sites is 1. The van der Waals surface area contributed by atoms with Crippen LogP contribution >= 0.6 is 0 Å². The lowest BCUT2D eigenvalue weighted by molar-refractivity contribution is 0.196. The standard InChI is InChI=1S/C20H23N3O2/c1-14-8-10-16(11-9-14)23-19(15(2)21-12-13-25-3)22-18-7-5-4-6-17(18)20(23)24/h4-11,15,21H,12-13H2,1-3H3.